The van der Waals surface area contributed by atoms with E-state index in [1.807, 2.05) is 32.0 Å². The van der Waals surface area contributed by atoms with Gasteiger partial charge in [0.1, 0.15) is 12.2 Å². The molecule has 0 bridgehead atoms. The van der Waals surface area contributed by atoms with E-state index in [2.05, 4.69) is 43.7 Å². The average Bonchev–Trinajstić information content (AvgIpc) is 3.37. The van der Waals surface area contributed by atoms with Gasteiger partial charge in [0, 0.05) is 24.1 Å². The van der Waals surface area contributed by atoms with Gasteiger partial charge in [-0.3, -0.25) is 0 Å². The van der Waals surface area contributed by atoms with Crippen molar-refractivity contribution < 1.29 is 9.30 Å². The van der Waals surface area contributed by atoms with E-state index >= 15 is 0 Å². The lowest BCUT2D eigenvalue weighted by Gasteiger charge is -2.26. The van der Waals surface area contributed by atoms with Crippen LogP contribution < -0.4 is 15.9 Å². The lowest BCUT2D eigenvalue weighted by atomic mass is 9.98. The van der Waals surface area contributed by atoms with Crippen molar-refractivity contribution >= 4 is 47.2 Å². The van der Waals surface area contributed by atoms with Crippen LogP contribution in [-0.4, -0.2) is 54.4 Å². The Labute approximate surface area is 243 Å². The summed E-state index contributed by atoms with van der Waals surface area (Å²) in [7, 11) is -0.957. The number of hydrogen-bond donors (Lipinski definition) is 2. The van der Waals surface area contributed by atoms with Gasteiger partial charge in [0.15, 0.2) is 5.82 Å². The van der Waals surface area contributed by atoms with E-state index in [0.29, 0.717) is 28.5 Å². The minimum Gasteiger partial charge on any atom is -0.374 e. The summed E-state index contributed by atoms with van der Waals surface area (Å²) in [5, 5.41) is 7.80. The van der Waals surface area contributed by atoms with Crippen LogP contribution in [-0.2, 0) is 27.7 Å². The number of fused-ring (bicyclic) bond motifs is 1. The summed E-state index contributed by atoms with van der Waals surface area (Å²) in [6.45, 7) is 10.0. The maximum absolute atomic E-state index is 13.3. The second kappa shape index (κ2) is 11.8. The molecule has 5 rings (SSSR count). The molecule has 0 amide bonds. The zero-order valence-corrected chi connectivity index (χ0v) is 25.9. The Morgan fingerprint density at radius 1 is 1.02 bits per heavy atom. The van der Waals surface area contributed by atoms with Crippen LogP contribution in [0, 0.1) is 0 Å². The molecular formula is C31H41ClN5O2P. The average molecular weight is 582 g/mol. The summed E-state index contributed by atoms with van der Waals surface area (Å²) in [4.78, 5) is 11.8. The van der Waals surface area contributed by atoms with Crippen LogP contribution in [0.25, 0.3) is 0 Å². The SMILES string of the molecule is COC(C)(C)c1ccc(Nc2nc(Nc3ccc4c(c3)CC[C@@H](N3CCCC3)CC4)ncc2Cl)c(P(C)(C)=O)c1. The Kier molecular flexibility index (Phi) is 8.58. The molecule has 7 nitrogen and oxygen atoms in total. The highest BCUT2D eigenvalue weighted by Crippen LogP contribution is 2.40. The van der Waals surface area contributed by atoms with Gasteiger partial charge in [0.2, 0.25) is 5.95 Å². The molecule has 214 valence electrons. The van der Waals surface area contributed by atoms with E-state index in [0.717, 1.165) is 29.4 Å². The molecule has 2 aliphatic rings. The molecule has 0 spiro atoms. The fourth-order valence-corrected chi connectivity index (χ4v) is 7.09. The van der Waals surface area contributed by atoms with Gasteiger partial charge < -0.3 is 24.8 Å². The normalized spacial score (nSPS) is 18.3. The molecule has 3 aromatic rings. The number of methoxy groups -OCH3 is 1. The number of halogens is 1. The van der Waals surface area contributed by atoms with Crippen molar-refractivity contribution in [3.63, 3.8) is 0 Å². The monoisotopic (exact) mass is 581 g/mol. The molecule has 1 fully saturated rings. The first kappa shape index (κ1) is 29.1. The van der Waals surface area contributed by atoms with Gasteiger partial charge in [-0.1, -0.05) is 23.7 Å². The zero-order valence-electron chi connectivity index (χ0n) is 24.3. The molecule has 2 N–H and O–H groups in total. The fourth-order valence-electron chi connectivity index (χ4n) is 5.79. The van der Waals surface area contributed by atoms with Crippen LogP contribution in [0.15, 0.2) is 42.6 Å². The number of aryl methyl sites for hydroxylation is 2. The van der Waals surface area contributed by atoms with Crippen LogP contribution in [0.2, 0.25) is 5.02 Å². The van der Waals surface area contributed by atoms with Crippen molar-refractivity contribution in [3.05, 3.63) is 64.3 Å². The largest absolute Gasteiger partial charge is 0.374 e. The van der Waals surface area contributed by atoms with Gasteiger partial charge >= 0.3 is 0 Å². The molecule has 0 radical (unpaired) electrons. The van der Waals surface area contributed by atoms with Crippen LogP contribution in [0.1, 0.15) is 56.2 Å². The summed E-state index contributed by atoms with van der Waals surface area (Å²) in [5.41, 5.74) is 4.96. The summed E-state index contributed by atoms with van der Waals surface area (Å²) in [5.74, 6) is 0.904. The maximum atomic E-state index is 13.3. The summed E-state index contributed by atoms with van der Waals surface area (Å²) < 4.78 is 18.9. The number of rotatable bonds is 8. The van der Waals surface area contributed by atoms with Crippen molar-refractivity contribution in [1.82, 2.24) is 14.9 Å². The molecule has 1 saturated heterocycles. The molecular weight excluding hydrogens is 541 g/mol. The third-order valence-corrected chi connectivity index (χ3v) is 10.2. The highest BCUT2D eigenvalue weighted by atomic mass is 35.5. The van der Waals surface area contributed by atoms with Crippen LogP contribution in [0.4, 0.5) is 23.1 Å². The van der Waals surface area contributed by atoms with Gasteiger partial charge in [-0.05, 0) is 120 Å². The Morgan fingerprint density at radius 3 is 2.45 bits per heavy atom. The zero-order chi connectivity index (χ0) is 28.5. The Balaban J connectivity index is 1.35. The number of hydrogen-bond acceptors (Lipinski definition) is 7. The quantitative estimate of drug-likeness (QED) is 0.217. The van der Waals surface area contributed by atoms with Gasteiger partial charge in [-0.25, -0.2) is 4.98 Å². The second-order valence-electron chi connectivity index (χ2n) is 11.9. The van der Waals surface area contributed by atoms with Crippen molar-refractivity contribution in [3.8, 4) is 0 Å². The fraction of sp³-hybridized carbons (Fsp3) is 0.484. The molecule has 9 heteroatoms. The van der Waals surface area contributed by atoms with E-state index in [4.69, 9.17) is 16.3 Å². The molecule has 1 atom stereocenters. The van der Waals surface area contributed by atoms with Gasteiger partial charge in [-0.15, -0.1) is 0 Å². The second-order valence-corrected chi connectivity index (χ2v) is 15.5. The lowest BCUT2D eigenvalue weighted by molar-refractivity contribution is 0.0193. The molecule has 2 aromatic carbocycles. The third-order valence-electron chi connectivity index (χ3n) is 8.39. The van der Waals surface area contributed by atoms with Crippen LogP contribution >= 0.6 is 18.7 Å². The number of nitrogens with one attached hydrogen (secondary N) is 2. The standard InChI is InChI=1S/C31H41ClN5O2P/c1-31(2,39-3)23-11-15-27(28(19-23)40(4,5)38)35-29-26(32)20-33-30(36-29)34-24-12-8-21-9-13-25(14-10-22(21)18-24)37-16-6-7-17-37/h8,11-12,15,18-20,25H,6-7,9-10,13-14,16-17H2,1-5H3,(H2,33,34,35,36)/t25-/m0/s1. The minimum atomic E-state index is -2.63. The maximum Gasteiger partial charge on any atom is 0.229 e. The van der Waals surface area contributed by atoms with Crippen LogP contribution in [0.3, 0.4) is 0 Å². The topological polar surface area (TPSA) is 79.4 Å². The van der Waals surface area contributed by atoms with E-state index in [-0.39, 0.29) is 0 Å². The van der Waals surface area contributed by atoms with Crippen molar-refractivity contribution in [2.45, 2.75) is 64.0 Å². The number of likely N-dealkylation sites (tertiary alicyclic amines) is 1. The van der Waals surface area contributed by atoms with E-state index in [9.17, 15) is 4.57 Å². The summed E-state index contributed by atoms with van der Waals surface area (Å²) in [6, 6.07) is 13.1. The molecule has 1 aliphatic heterocycles. The van der Waals surface area contributed by atoms with E-state index in [1.165, 1.54) is 49.9 Å². The number of nitrogens with zero attached hydrogens (tertiary/aromatic N) is 3. The highest BCUT2D eigenvalue weighted by Gasteiger charge is 2.26. The molecule has 1 aromatic heterocycles. The number of benzene rings is 2. The molecule has 1 aliphatic carbocycles. The number of aromatic nitrogens is 2. The summed E-state index contributed by atoms with van der Waals surface area (Å²) in [6.07, 6.45) is 8.93. The lowest BCUT2D eigenvalue weighted by Crippen LogP contribution is -2.32. The van der Waals surface area contributed by atoms with E-state index < -0.39 is 12.7 Å². The minimum absolute atomic E-state index is 0.384. The first-order valence-electron chi connectivity index (χ1n) is 14.2. The van der Waals surface area contributed by atoms with Gasteiger partial charge in [0.25, 0.3) is 0 Å². The van der Waals surface area contributed by atoms with Crippen molar-refractivity contribution in [2.75, 3.05) is 44.2 Å². The predicted octanol–water partition coefficient (Wildman–Crippen LogP) is 7.09. The van der Waals surface area contributed by atoms with Crippen LogP contribution in [0.5, 0.6) is 0 Å². The van der Waals surface area contributed by atoms with Gasteiger partial charge in [-0.2, -0.15) is 4.98 Å². The van der Waals surface area contributed by atoms with Crippen molar-refractivity contribution in [2.24, 2.45) is 0 Å². The number of anilines is 4. The third kappa shape index (κ3) is 6.54. The predicted molar refractivity (Wildman–Crippen MR) is 167 cm³/mol. The Hall–Kier alpha value is -2.44. The molecule has 0 saturated carbocycles. The summed E-state index contributed by atoms with van der Waals surface area (Å²) >= 11 is 6.51. The van der Waals surface area contributed by atoms with Gasteiger partial charge in [0.05, 0.1) is 17.5 Å². The molecule has 40 heavy (non-hydrogen) atoms. The van der Waals surface area contributed by atoms with E-state index in [1.54, 1.807) is 26.6 Å². The smallest absolute Gasteiger partial charge is 0.229 e. The highest BCUT2D eigenvalue weighted by molar-refractivity contribution is 7.70. The first-order valence-corrected chi connectivity index (χ1v) is 17.2. The Morgan fingerprint density at radius 2 is 1.75 bits per heavy atom. The Bertz CT molecular complexity index is 1420. The number of ether oxygens (including phenoxy) is 1. The molecule has 2 heterocycles. The van der Waals surface area contributed by atoms with Crippen molar-refractivity contribution in [1.29, 1.82) is 0 Å². The first-order chi connectivity index (χ1) is 19.0. The molecule has 0 unspecified atom stereocenters.